The molecule has 2 amide bonds. The van der Waals surface area contributed by atoms with Crippen molar-refractivity contribution in [3.63, 3.8) is 0 Å². The van der Waals surface area contributed by atoms with Gasteiger partial charge in [0.05, 0.1) is 33.3 Å². The summed E-state index contributed by atoms with van der Waals surface area (Å²) in [6.45, 7) is 1.26. The van der Waals surface area contributed by atoms with Gasteiger partial charge in [-0.3, -0.25) is 13.9 Å². The fourth-order valence-electron chi connectivity index (χ4n) is 4.71. The molecule has 2 aromatic carbocycles. The highest BCUT2D eigenvalue weighted by molar-refractivity contribution is 7.92. The third-order valence-electron chi connectivity index (χ3n) is 6.94. The number of carbonyl (C=O) groups excluding carboxylic acids is 2. The van der Waals surface area contributed by atoms with Gasteiger partial charge in [0.2, 0.25) is 21.8 Å². The lowest BCUT2D eigenvalue weighted by Crippen LogP contribution is -2.52. The lowest BCUT2D eigenvalue weighted by atomic mass is 9.95. The van der Waals surface area contributed by atoms with Gasteiger partial charge in [0.1, 0.15) is 18.3 Å². The Morgan fingerprint density at radius 1 is 0.974 bits per heavy atom. The normalized spacial score (nSPS) is 14.7. The molecule has 1 N–H and O–H groups in total. The Kier molecular flexibility index (Phi) is 10.4. The molecule has 1 aliphatic carbocycles. The maximum Gasteiger partial charge on any atom is 0.244 e. The average molecular weight is 562 g/mol. The maximum atomic E-state index is 13.8. The summed E-state index contributed by atoms with van der Waals surface area (Å²) in [6, 6.07) is 11.1. The maximum absolute atomic E-state index is 13.8. The zero-order valence-electron chi connectivity index (χ0n) is 23.3. The largest absolute Gasteiger partial charge is 0.497 e. The molecule has 1 saturated carbocycles. The van der Waals surface area contributed by atoms with E-state index in [0.29, 0.717) is 17.2 Å². The van der Waals surface area contributed by atoms with Crippen molar-refractivity contribution in [2.24, 2.45) is 0 Å². The summed E-state index contributed by atoms with van der Waals surface area (Å²) in [5.41, 5.74) is 0.987. The van der Waals surface area contributed by atoms with Gasteiger partial charge < -0.3 is 24.4 Å². The number of benzene rings is 2. The van der Waals surface area contributed by atoms with Crippen LogP contribution in [-0.2, 0) is 26.2 Å². The van der Waals surface area contributed by atoms with E-state index in [9.17, 15) is 18.0 Å². The number of nitrogens with one attached hydrogen (secondary N) is 1. The number of sulfonamides is 1. The van der Waals surface area contributed by atoms with Gasteiger partial charge in [0.25, 0.3) is 0 Å². The number of ether oxygens (including phenoxy) is 3. The van der Waals surface area contributed by atoms with Crippen LogP contribution in [0.15, 0.2) is 42.5 Å². The van der Waals surface area contributed by atoms with E-state index in [4.69, 9.17) is 14.2 Å². The fourth-order valence-corrected chi connectivity index (χ4v) is 5.55. The molecule has 1 aliphatic rings. The van der Waals surface area contributed by atoms with Crippen LogP contribution in [-0.4, -0.2) is 71.3 Å². The van der Waals surface area contributed by atoms with Crippen molar-refractivity contribution in [3.8, 4) is 17.2 Å². The molecular formula is C28H39N3O7S. The van der Waals surface area contributed by atoms with Crippen molar-refractivity contribution in [2.75, 3.05) is 38.4 Å². The van der Waals surface area contributed by atoms with E-state index in [2.05, 4.69) is 5.32 Å². The zero-order valence-corrected chi connectivity index (χ0v) is 24.1. The number of anilines is 1. The molecule has 3 rings (SSSR count). The summed E-state index contributed by atoms with van der Waals surface area (Å²) in [4.78, 5) is 28.5. The Balaban J connectivity index is 1.92. The Bertz CT molecular complexity index is 1250. The van der Waals surface area contributed by atoms with Gasteiger partial charge in [-0.25, -0.2) is 8.42 Å². The van der Waals surface area contributed by atoms with Crippen LogP contribution in [0.1, 0.15) is 44.6 Å². The van der Waals surface area contributed by atoms with Gasteiger partial charge in [-0.05, 0) is 49.6 Å². The summed E-state index contributed by atoms with van der Waals surface area (Å²) in [5, 5.41) is 3.09. The van der Waals surface area contributed by atoms with Crippen molar-refractivity contribution in [1.29, 1.82) is 0 Å². The molecule has 0 unspecified atom stereocenters. The minimum atomic E-state index is -3.87. The first kappa shape index (κ1) is 30.1. The lowest BCUT2D eigenvalue weighted by Gasteiger charge is -2.33. The third-order valence-corrected chi connectivity index (χ3v) is 8.08. The first-order valence-corrected chi connectivity index (χ1v) is 14.8. The van der Waals surface area contributed by atoms with Crippen LogP contribution in [0.2, 0.25) is 0 Å². The molecular weight excluding hydrogens is 522 g/mol. The number of amides is 2. The van der Waals surface area contributed by atoms with Crippen molar-refractivity contribution in [3.05, 3.63) is 48.0 Å². The van der Waals surface area contributed by atoms with E-state index in [-0.39, 0.29) is 24.2 Å². The predicted molar refractivity (Wildman–Crippen MR) is 150 cm³/mol. The van der Waals surface area contributed by atoms with Gasteiger partial charge in [0.15, 0.2) is 11.5 Å². The van der Waals surface area contributed by atoms with Crippen molar-refractivity contribution < 1.29 is 32.2 Å². The van der Waals surface area contributed by atoms with Gasteiger partial charge in [-0.15, -0.1) is 0 Å². The van der Waals surface area contributed by atoms with E-state index in [1.165, 1.54) is 25.2 Å². The molecule has 0 aliphatic heterocycles. The molecule has 0 bridgehead atoms. The van der Waals surface area contributed by atoms with Crippen LogP contribution in [0.5, 0.6) is 17.2 Å². The summed E-state index contributed by atoms with van der Waals surface area (Å²) in [6.07, 6.45) is 6.11. The van der Waals surface area contributed by atoms with E-state index in [0.717, 1.165) is 48.2 Å². The highest BCUT2D eigenvalue weighted by Crippen LogP contribution is 2.32. The van der Waals surface area contributed by atoms with Crippen molar-refractivity contribution in [2.45, 2.75) is 57.7 Å². The first-order chi connectivity index (χ1) is 18.6. The Morgan fingerprint density at radius 2 is 1.67 bits per heavy atom. The van der Waals surface area contributed by atoms with Crippen molar-refractivity contribution >= 4 is 27.5 Å². The molecule has 39 heavy (non-hydrogen) atoms. The molecule has 0 saturated heterocycles. The van der Waals surface area contributed by atoms with E-state index < -0.39 is 28.5 Å². The second kappa shape index (κ2) is 13.5. The molecule has 214 valence electrons. The van der Waals surface area contributed by atoms with E-state index in [1.807, 2.05) is 6.07 Å². The molecule has 0 spiro atoms. The minimum Gasteiger partial charge on any atom is -0.497 e. The number of hydrogen-bond donors (Lipinski definition) is 1. The molecule has 0 radical (unpaired) electrons. The predicted octanol–water partition coefficient (Wildman–Crippen LogP) is 3.34. The van der Waals surface area contributed by atoms with Crippen molar-refractivity contribution in [1.82, 2.24) is 10.2 Å². The molecule has 0 heterocycles. The number of methoxy groups -OCH3 is 3. The van der Waals surface area contributed by atoms with Crippen LogP contribution in [0.25, 0.3) is 0 Å². The average Bonchev–Trinajstić information content (AvgIpc) is 2.93. The lowest BCUT2D eigenvalue weighted by molar-refractivity contribution is -0.139. The van der Waals surface area contributed by atoms with Gasteiger partial charge in [0, 0.05) is 18.7 Å². The molecule has 1 fully saturated rings. The highest BCUT2D eigenvalue weighted by atomic mass is 32.2. The summed E-state index contributed by atoms with van der Waals surface area (Å²) in [7, 11) is 0.599. The Morgan fingerprint density at radius 3 is 2.28 bits per heavy atom. The van der Waals surface area contributed by atoms with Crippen LogP contribution < -0.4 is 23.8 Å². The third kappa shape index (κ3) is 8.01. The number of hydrogen-bond acceptors (Lipinski definition) is 7. The standard InChI is InChI=1S/C28H39N3O7S/c1-20(28(33)29-22-11-7-6-8-12-22)30(18-21-10-9-13-24(16-21)36-2)27(32)19-31(39(5,34)35)23-14-15-25(37-3)26(17-23)38-4/h9-10,13-17,20,22H,6-8,11-12,18-19H2,1-5H3,(H,29,33)/t20-/m1/s1. The molecule has 0 aromatic heterocycles. The van der Waals surface area contributed by atoms with Gasteiger partial charge in [-0.2, -0.15) is 0 Å². The second-order valence-electron chi connectivity index (χ2n) is 9.70. The first-order valence-electron chi connectivity index (χ1n) is 13.0. The van der Waals surface area contributed by atoms with E-state index in [1.54, 1.807) is 44.4 Å². The molecule has 1 atom stereocenters. The van der Waals surface area contributed by atoms with Gasteiger partial charge >= 0.3 is 0 Å². The number of rotatable bonds is 12. The second-order valence-corrected chi connectivity index (χ2v) is 11.6. The SMILES string of the molecule is COc1cccc(CN(C(=O)CN(c2ccc(OC)c(OC)c2)S(C)(=O)=O)[C@H](C)C(=O)NC2CCCCC2)c1. The fraction of sp³-hybridized carbons (Fsp3) is 0.500. The summed E-state index contributed by atoms with van der Waals surface area (Å²) >= 11 is 0. The topological polar surface area (TPSA) is 114 Å². The van der Waals surface area contributed by atoms with Crippen LogP contribution in [0.4, 0.5) is 5.69 Å². The van der Waals surface area contributed by atoms with Crippen LogP contribution >= 0.6 is 0 Å². The van der Waals surface area contributed by atoms with Gasteiger partial charge in [-0.1, -0.05) is 31.4 Å². The van der Waals surface area contributed by atoms with Crippen LogP contribution in [0.3, 0.4) is 0 Å². The Labute approximate surface area is 231 Å². The smallest absolute Gasteiger partial charge is 0.244 e. The monoisotopic (exact) mass is 561 g/mol. The van der Waals surface area contributed by atoms with E-state index >= 15 is 0 Å². The zero-order chi connectivity index (χ0) is 28.6. The minimum absolute atomic E-state index is 0.0711. The highest BCUT2D eigenvalue weighted by Gasteiger charge is 2.31. The quantitative estimate of drug-likeness (QED) is 0.423. The van der Waals surface area contributed by atoms with Crippen LogP contribution in [0, 0.1) is 0 Å². The molecule has 2 aromatic rings. The number of nitrogens with zero attached hydrogens (tertiary/aromatic N) is 2. The molecule has 11 heteroatoms. The number of carbonyl (C=O) groups is 2. The molecule has 10 nitrogen and oxygen atoms in total. The summed E-state index contributed by atoms with van der Waals surface area (Å²) in [5.74, 6) is 0.569. The Hall–Kier alpha value is -3.47. The summed E-state index contributed by atoms with van der Waals surface area (Å²) < 4.78 is 42.6.